The smallest absolute Gasteiger partial charge is 0.255 e. The molecule has 3 N–H and O–H groups in total. The van der Waals surface area contributed by atoms with Crippen molar-refractivity contribution in [1.29, 1.82) is 0 Å². The molecule has 18 heavy (non-hydrogen) atoms. The molecule has 4 nitrogen and oxygen atoms in total. The molecule has 2 rings (SSSR count). The third kappa shape index (κ3) is 2.89. The minimum Gasteiger partial charge on any atom is -0.293 e. The van der Waals surface area contributed by atoms with Crippen LogP contribution in [0.15, 0.2) is 30.3 Å². The van der Waals surface area contributed by atoms with E-state index >= 15 is 0 Å². The van der Waals surface area contributed by atoms with Crippen LogP contribution in [0.25, 0.3) is 0 Å². The molecule has 0 saturated carbocycles. The predicted octanol–water partition coefficient (Wildman–Crippen LogP) is 1.45. The molecule has 1 aromatic rings. The second-order valence-electron chi connectivity index (χ2n) is 5.06. The summed E-state index contributed by atoms with van der Waals surface area (Å²) in [6.45, 7) is 4.14. The highest BCUT2D eigenvalue weighted by Gasteiger charge is 2.29. The first-order valence-electron chi connectivity index (χ1n) is 6.52. The van der Waals surface area contributed by atoms with E-state index in [1.807, 2.05) is 30.3 Å². The third-order valence-corrected chi connectivity index (χ3v) is 3.56. The average Bonchev–Trinajstić information content (AvgIpc) is 2.40. The second kappa shape index (κ2) is 5.98. The lowest BCUT2D eigenvalue weighted by Gasteiger charge is -2.36. The lowest BCUT2D eigenvalue weighted by molar-refractivity contribution is -0.127. The average molecular weight is 247 g/mol. The van der Waals surface area contributed by atoms with Gasteiger partial charge in [-0.15, -0.1) is 0 Å². The molecule has 0 radical (unpaired) electrons. The van der Waals surface area contributed by atoms with Gasteiger partial charge in [0.05, 0.1) is 0 Å². The molecule has 0 aliphatic carbocycles. The van der Waals surface area contributed by atoms with Crippen molar-refractivity contribution >= 4 is 5.91 Å². The van der Waals surface area contributed by atoms with Gasteiger partial charge in [-0.3, -0.25) is 15.1 Å². The molecule has 1 aliphatic heterocycles. The van der Waals surface area contributed by atoms with E-state index in [2.05, 4.69) is 17.2 Å². The Morgan fingerprint density at radius 2 is 2.17 bits per heavy atom. The molecule has 1 fully saturated rings. The molecule has 1 amide bonds. The van der Waals surface area contributed by atoms with Crippen molar-refractivity contribution in [3.8, 4) is 0 Å². The van der Waals surface area contributed by atoms with Crippen LogP contribution in [0.4, 0.5) is 0 Å². The molecular formula is C14H21N3O. The van der Waals surface area contributed by atoms with E-state index in [-0.39, 0.29) is 11.9 Å². The summed E-state index contributed by atoms with van der Waals surface area (Å²) in [5, 5.41) is 0. The van der Waals surface area contributed by atoms with Gasteiger partial charge < -0.3 is 0 Å². The molecule has 2 unspecified atom stereocenters. The van der Waals surface area contributed by atoms with Gasteiger partial charge in [-0.05, 0) is 30.9 Å². The highest BCUT2D eigenvalue weighted by molar-refractivity contribution is 5.82. The van der Waals surface area contributed by atoms with E-state index in [1.165, 1.54) is 6.42 Å². The van der Waals surface area contributed by atoms with E-state index in [1.54, 1.807) is 0 Å². The van der Waals surface area contributed by atoms with Crippen molar-refractivity contribution in [3.63, 3.8) is 0 Å². The van der Waals surface area contributed by atoms with E-state index in [0.29, 0.717) is 5.92 Å². The Kier molecular flexibility index (Phi) is 4.33. The van der Waals surface area contributed by atoms with Crippen LogP contribution in [-0.4, -0.2) is 23.9 Å². The number of piperidine rings is 1. The molecule has 1 aromatic carbocycles. The molecule has 98 valence electrons. The summed E-state index contributed by atoms with van der Waals surface area (Å²) < 4.78 is 0. The maximum atomic E-state index is 12.0. The number of carbonyl (C=O) groups excluding carboxylic acids is 1. The zero-order valence-corrected chi connectivity index (χ0v) is 10.8. The van der Waals surface area contributed by atoms with Crippen LogP contribution in [-0.2, 0) is 4.79 Å². The van der Waals surface area contributed by atoms with Crippen molar-refractivity contribution in [1.82, 2.24) is 10.3 Å². The van der Waals surface area contributed by atoms with Crippen molar-refractivity contribution in [3.05, 3.63) is 35.9 Å². The molecule has 0 aromatic heterocycles. The summed E-state index contributed by atoms with van der Waals surface area (Å²) in [6.07, 6.45) is 2.38. The summed E-state index contributed by atoms with van der Waals surface area (Å²) in [7, 11) is 0. The number of hydrogen-bond donors (Lipinski definition) is 2. The van der Waals surface area contributed by atoms with Gasteiger partial charge in [-0.1, -0.05) is 37.3 Å². The molecule has 1 aliphatic rings. The van der Waals surface area contributed by atoms with E-state index in [0.717, 1.165) is 25.1 Å². The second-order valence-corrected chi connectivity index (χ2v) is 5.06. The molecule has 2 atom stereocenters. The first kappa shape index (κ1) is 13.1. The zero-order valence-electron chi connectivity index (χ0n) is 10.8. The van der Waals surface area contributed by atoms with Gasteiger partial charge in [-0.2, -0.15) is 0 Å². The van der Waals surface area contributed by atoms with Crippen LogP contribution >= 0.6 is 0 Å². The zero-order chi connectivity index (χ0) is 13.0. The summed E-state index contributed by atoms with van der Waals surface area (Å²) >= 11 is 0. The minimum absolute atomic E-state index is 0.129. The van der Waals surface area contributed by atoms with Crippen LogP contribution < -0.4 is 11.3 Å². The van der Waals surface area contributed by atoms with Gasteiger partial charge in [0.25, 0.3) is 5.91 Å². The molecule has 0 spiro atoms. The first-order chi connectivity index (χ1) is 8.72. The van der Waals surface area contributed by atoms with Crippen molar-refractivity contribution in [2.24, 2.45) is 11.8 Å². The Balaban J connectivity index is 2.22. The maximum Gasteiger partial charge on any atom is 0.255 e. The Labute approximate surface area is 108 Å². The number of rotatable bonds is 3. The highest BCUT2D eigenvalue weighted by Crippen LogP contribution is 2.26. The number of nitrogens with one attached hydrogen (secondary N) is 1. The Morgan fingerprint density at radius 3 is 2.78 bits per heavy atom. The maximum absolute atomic E-state index is 12.0. The van der Waals surface area contributed by atoms with Crippen LogP contribution in [0, 0.1) is 5.92 Å². The summed E-state index contributed by atoms with van der Waals surface area (Å²) in [5.74, 6) is 5.83. The van der Waals surface area contributed by atoms with Crippen molar-refractivity contribution < 1.29 is 4.79 Å². The summed E-state index contributed by atoms with van der Waals surface area (Å²) in [6, 6.07) is 9.58. The Morgan fingerprint density at radius 1 is 1.44 bits per heavy atom. The van der Waals surface area contributed by atoms with Gasteiger partial charge >= 0.3 is 0 Å². The fourth-order valence-corrected chi connectivity index (χ4v) is 2.70. The summed E-state index contributed by atoms with van der Waals surface area (Å²) in [5.41, 5.74) is 3.30. The SMILES string of the molecule is CC1CCCN(C(C(=O)NN)c2ccccc2)C1. The fraction of sp³-hybridized carbons (Fsp3) is 0.500. The molecule has 1 heterocycles. The largest absolute Gasteiger partial charge is 0.293 e. The minimum atomic E-state index is -0.265. The lowest BCUT2D eigenvalue weighted by atomic mass is 9.96. The summed E-state index contributed by atoms with van der Waals surface area (Å²) in [4.78, 5) is 14.3. The number of hydrogen-bond acceptors (Lipinski definition) is 3. The Hall–Kier alpha value is -1.39. The van der Waals surface area contributed by atoms with Crippen molar-refractivity contribution in [2.75, 3.05) is 13.1 Å². The van der Waals surface area contributed by atoms with Gasteiger partial charge in [0, 0.05) is 6.54 Å². The van der Waals surface area contributed by atoms with Gasteiger partial charge in [0.1, 0.15) is 6.04 Å². The van der Waals surface area contributed by atoms with Crippen LogP contribution in [0.1, 0.15) is 31.4 Å². The predicted molar refractivity (Wildman–Crippen MR) is 71.5 cm³/mol. The van der Waals surface area contributed by atoms with Gasteiger partial charge in [0.15, 0.2) is 0 Å². The van der Waals surface area contributed by atoms with Crippen LogP contribution in [0.2, 0.25) is 0 Å². The third-order valence-electron chi connectivity index (χ3n) is 3.56. The van der Waals surface area contributed by atoms with Gasteiger partial charge in [0.2, 0.25) is 0 Å². The number of carbonyl (C=O) groups is 1. The molecule has 4 heteroatoms. The fourth-order valence-electron chi connectivity index (χ4n) is 2.70. The number of likely N-dealkylation sites (tertiary alicyclic amines) is 1. The molecular weight excluding hydrogens is 226 g/mol. The highest BCUT2D eigenvalue weighted by atomic mass is 16.2. The van der Waals surface area contributed by atoms with E-state index in [9.17, 15) is 4.79 Å². The molecule has 1 saturated heterocycles. The first-order valence-corrected chi connectivity index (χ1v) is 6.52. The van der Waals surface area contributed by atoms with E-state index in [4.69, 9.17) is 5.84 Å². The number of benzene rings is 1. The quantitative estimate of drug-likeness (QED) is 0.483. The topological polar surface area (TPSA) is 58.4 Å². The molecule has 0 bridgehead atoms. The number of hydrazine groups is 1. The number of nitrogens with two attached hydrogens (primary N) is 1. The number of amides is 1. The monoisotopic (exact) mass is 247 g/mol. The van der Waals surface area contributed by atoms with Crippen LogP contribution in [0.3, 0.4) is 0 Å². The Bertz CT molecular complexity index is 393. The number of nitrogens with zero attached hydrogens (tertiary/aromatic N) is 1. The normalized spacial score (nSPS) is 22.4. The lowest BCUT2D eigenvalue weighted by Crippen LogP contribution is -2.46. The van der Waals surface area contributed by atoms with Crippen LogP contribution in [0.5, 0.6) is 0 Å². The van der Waals surface area contributed by atoms with E-state index < -0.39 is 0 Å². The van der Waals surface area contributed by atoms with Crippen molar-refractivity contribution in [2.45, 2.75) is 25.8 Å². The van der Waals surface area contributed by atoms with Gasteiger partial charge in [-0.25, -0.2) is 5.84 Å². The standard InChI is InChI=1S/C14H21N3O/c1-11-6-5-9-17(10-11)13(14(18)16-15)12-7-3-2-4-8-12/h2-4,7-8,11,13H,5-6,9-10,15H2,1H3,(H,16,18).